The predicted octanol–water partition coefficient (Wildman–Crippen LogP) is 4.95. The van der Waals surface area contributed by atoms with Crippen molar-refractivity contribution in [1.29, 1.82) is 10.5 Å². The third-order valence-electron chi connectivity index (χ3n) is 8.59. The number of hydrogen-bond donors (Lipinski definition) is 0. The van der Waals surface area contributed by atoms with Crippen LogP contribution < -0.4 is 15.4 Å². The van der Waals surface area contributed by atoms with Gasteiger partial charge in [-0.25, -0.2) is 9.37 Å². The Kier molecular flexibility index (Phi) is 8.04. The molecular weight excluding hydrogens is 507 g/mol. The van der Waals surface area contributed by atoms with Crippen molar-refractivity contribution in [3.8, 4) is 12.1 Å². The van der Waals surface area contributed by atoms with Crippen molar-refractivity contribution in [2.24, 2.45) is 7.05 Å². The van der Waals surface area contributed by atoms with E-state index in [2.05, 4.69) is 22.0 Å². The maximum Gasteiger partial charge on any atom is 0.270 e. The van der Waals surface area contributed by atoms with Gasteiger partial charge in [-0.15, -0.1) is 0 Å². The van der Waals surface area contributed by atoms with Crippen LogP contribution >= 0.6 is 0 Å². The Balaban J connectivity index is 1.43. The number of ether oxygens (including phenoxy) is 1. The van der Waals surface area contributed by atoms with Gasteiger partial charge in [-0.2, -0.15) is 10.5 Å². The highest BCUT2D eigenvalue weighted by Gasteiger charge is 2.32. The minimum absolute atomic E-state index is 0.0419. The third-order valence-corrected chi connectivity index (χ3v) is 8.59. The first-order chi connectivity index (χ1) is 19.3. The van der Waals surface area contributed by atoms with Crippen molar-refractivity contribution < 1.29 is 9.13 Å². The van der Waals surface area contributed by atoms with E-state index in [0.29, 0.717) is 16.7 Å². The van der Waals surface area contributed by atoms with Gasteiger partial charge < -0.3 is 19.1 Å². The summed E-state index contributed by atoms with van der Waals surface area (Å²) in [6.45, 7) is 3.52. The fraction of sp³-hybridized carbons (Fsp3) is 0.484. The van der Waals surface area contributed by atoms with E-state index in [1.54, 1.807) is 25.2 Å². The Hall–Kier alpha value is -3.95. The number of nitriles is 2. The highest BCUT2D eigenvalue weighted by molar-refractivity contribution is 5.92. The van der Waals surface area contributed by atoms with Crippen LogP contribution in [0.5, 0.6) is 0 Å². The molecular formula is C31H35FN6O2. The molecule has 0 radical (unpaired) electrons. The molecule has 5 rings (SSSR count). The van der Waals surface area contributed by atoms with Gasteiger partial charge in [0.2, 0.25) is 0 Å². The topological polar surface area (TPSA) is 98.2 Å². The maximum atomic E-state index is 14.0. The van der Waals surface area contributed by atoms with Crippen LogP contribution in [-0.2, 0) is 11.8 Å². The lowest BCUT2D eigenvalue weighted by Crippen LogP contribution is -2.47. The minimum Gasteiger partial charge on any atom is -0.376 e. The normalized spacial score (nSPS) is 21.0. The molecule has 1 aromatic carbocycles. The average Bonchev–Trinajstić information content (AvgIpc) is 2.98. The Morgan fingerprint density at radius 3 is 2.48 bits per heavy atom. The summed E-state index contributed by atoms with van der Waals surface area (Å²) in [5, 5.41) is 19.4. The van der Waals surface area contributed by atoms with Gasteiger partial charge in [0.1, 0.15) is 34.7 Å². The zero-order valence-electron chi connectivity index (χ0n) is 23.4. The van der Waals surface area contributed by atoms with E-state index >= 15 is 0 Å². The Bertz CT molecular complexity index is 1540. The molecule has 3 aromatic rings. The summed E-state index contributed by atoms with van der Waals surface area (Å²) in [7, 11) is 3.54. The van der Waals surface area contributed by atoms with Crippen LogP contribution in [-0.4, -0.2) is 47.9 Å². The predicted molar refractivity (Wildman–Crippen MR) is 153 cm³/mol. The minimum atomic E-state index is -0.373. The number of pyridine rings is 2. The average molecular weight is 543 g/mol. The van der Waals surface area contributed by atoms with Gasteiger partial charge >= 0.3 is 0 Å². The molecule has 0 spiro atoms. The van der Waals surface area contributed by atoms with Crippen LogP contribution in [0.15, 0.2) is 35.1 Å². The maximum absolute atomic E-state index is 14.0. The van der Waals surface area contributed by atoms with E-state index in [1.165, 1.54) is 10.6 Å². The lowest BCUT2D eigenvalue weighted by atomic mass is 9.88. The van der Waals surface area contributed by atoms with Crippen LogP contribution in [0.1, 0.15) is 61.8 Å². The van der Waals surface area contributed by atoms with Crippen molar-refractivity contribution in [1.82, 2.24) is 9.55 Å². The van der Waals surface area contributed by atoms with E-state index in [-0.39, 0.29) is 40.8 Å². The molecule has 1 aliphatic heterocycles. The molecule has 1 unspecified atom stereocenters. The second-order valence-electron chi connectivity index (χ2n) is 11.0. The van der Waals surface area contributed by atoms with Gasteiger partial charge in [-0.05, 0) is 87.8 Å². The molecule has 0 bridgehead atoms. The monoisotopic (exact) mass is 542 g/mol. The summed E-state index contributed by atoms with van der Waals surface area (Å²) in [5.74, 6) is -0.233. The van der Waals surface area contributed by atoms with Crippen molar-refractivity contribution in [2.45, 2.75) is 70.1 Å². The highest BCUT2D eigenvalue weighted by Crippen LogP contribution is 2.36. The van der Waals surface area contributed by atoms with Gasteiger partial charge in [0, 0.05) is 45.0 Å². The quantitative estimate of drug-likeness (QED) is 0.435. The number of hydrogen-bond acceptors (Lipinski definition) is 7. The van der Waals surface area contributed by atoms with Gasteiger partial charge in [-0.3, -0.25) is 4.79 Å². The Labute approximate surface area is 234 Å². The summed E-state index contributed by atoms with van der Waals surface area (Å²) in [4.78, 5) is 22.0. The zero-order valence-corrected chi connectivity index (χ0v) is 23.4. The van der Waals surface area contributed by atoms with E-state index in [1.807, 2.05) is 24.9 Å². The second-order valence-corrected chi connectivity index (χ2v) is 11.0. The molecule has 3 heterocycles. The Morgan fingerprint density at radius 2 is 1.82 bits per heavy atom. The molecule has 2 fully saturated rings. The number of benzene rings is 1. The molecule has 1 atom stereocenters. The summed E-state index contributed by atoms with van der Waals surface area (Å²) >= 11 is 0. The van der Waals surface area contributed by atoms with Gasteiger partial charge in [0.25, 0.3) is 5.56 Å². The molecule has 2 aliphatic rings. The number of rotatable bonds is 6. The summed E-state index contributed by atoms with van der Waals surface area (Å²) < 4.78 is 21.5. The first-order valence-corrected chi connectivity index (χ1v) is 14.0. The number of halogens is 1. The van der Waals surface area contributed by atoms with Crippen LogP contribution in [0.25, 0.3) is 11.0 Å². The number of anilines is 2. The van der Waals surface area contributed by atoms with Crippen LogP contribution in [0.3, 0.4) is 0 Å². The highest BCUT2D eigenvalue weighted by atomic mass is 19.1. The molecule has 9 heteroatoms. The molecule has 2 aromatic heterocycles. The lowest BCUT2D eigenvalue weighted by Gasteiger charge is -2.43. The molecule has 208 valence electrons. The molecule has 1 saturated carbocycles. The van der Waals surface area contributed by atoms with Crippen LogP contribution in [0.4, 0.5) is 15.8 Å². The lowest BCUT2D eigenvalue weighted by molar-refractivity contribution is 0.0194. The van der Waals surface area contributed by atoms with Crippen molar-refractivity contribution in [3.05, 3.63) is 63.3 Å². The molecule has 1 aliphatic carbocycles. The van der Waals surface area contributed by atoms with E-state index < -0.39 is 0 Å². The summed E-state index contributed by atoms with van der Waals surface area (Å²) in [6.07, 6.45) is 6.94. The number of aryl methyl sites for hydroxylation is 2. The smallest absolute Gasteiger partial charge is 0.270 e. The number of aromatic nitrogens is 2. The molecule has 0 N–H and O–H groups in total. The molecule has 1 saturated heterocycles. The van der Waals surface area contributed by atoms with Crippen molar-refractivity contribution in [2.75, 3.05) is 30.0 Å². The largest absolute Gasteiger partial charge is 0.376 e. The van der Waals surface area contributed by atoms with Crippen LogP contribution in [0, 0.1) is 35.4 Å². The van der Waals surface area contributed by atoms with Crippen molar-refractivity contribution >= 4 is 22.4 Å². The fourth-order valence-corrected chi connectivity index (χ4v) is 6.40. The van der Waals surface area contributed by atoms with E-state index in [4.69, 9.17) is 4.74 Å². The first-order valence-electron chi connectivity index (χ1n) is 14.0. The van der Waals surface area contributed by atoms with Crippen molar-refractivity contribution in [3.63, 3.8) is 0 Å². The van der Waals surface area contributed by atoms with E-state index in [0.717, 1.165) is 69.3 Å². The fourth-order valence-electron chi connectivity index (χ4n) is 6.40. The van der Waals surface area contributed by atoms with E-state index in [9.17, 15) is 19.7 Å². The third kappa shape index (κ3) is 5.26. The van der Waals surface area contributed by atoms with Gasteiger partial charge in [-0.1, -0.05) is 0 Å². The van der Waals surface area contributed by atoms with Gasteiger partial charge in [0.15, 0.2) is 0 Å². The molecule has 8 nitrogen and oxygen atoms in total. The van der Waals surface area contributed by atoms with Gasteiger partial charge in [0.05, 0.1) is 17.3 Å². The standard InChI is InChI=1S/C31H35FN6O2/c1-20-16-21(32)7-13-27(20)38(19-25-6-4-5-15-40-25)24-11-9-23(10-12-24)36(2)30-26(18-34)31(39)37(3)28-14-8-22(17-33)35-29(28)30/h7-8,13-14,16,23-25H,4-6,9-12,15,19H2,1-3H3/t23-,24-,25?. The first kappa shape index (κ1) is 27.6. The number of fused-ring (bicyclic) bond motifs is 1. The Morgan fingerprint density at radius 1 is 1.07 bits per heavy atom. The summed E-state index contributed by atoms with van der Waals surface area (Å²) in [6, 6.07) is 12.8. The van der Waals surface area contributed by atoms with Crippen LogP contribution in [0.2, 0.25) is 0 Å². The SMILES string of the molecule is Cc1cc(F)ccc1N(CC1CCCCO1)[C@H]1CC[C@H](N(C)c2c(C#N)c(=O)n(C)c3ccc(C#N)nc23)CC1. The molecule has 40 heavy (non-hydrogen) atoms. The number of nitrogens with zero attached hydrogens (tertiary/aromatic N) is 6. The second kappa shape index (κ2) is 11.7. The zero-order chi connectivity index (χ0) is 28.4. The molecule has 0 amide bonds. The summed E-state index contributed by atoms with van der Waals surface area (Å²) in [5.41, 5.74) is 3.43.